The molecule has 0 aliphatic carbocycles. The van der Waals surface area contributed by atoms with Crippen LogP contribution in [0.15, 0.2) is 48.8 Å². The second kappa shape index (κ2) is 11.2. The number of anilines is 3. The van der Waals surface area contributed by atoms with Gasteiger partial charge in [-0.2, -0.15) is 5.26 Å². The summed E-state index contributed by atoms with van der Waals surface area (Å²) in [5, 5.41) is 13.9. The van der Waals surface area contributed by atoms with Gasteiger partial charge in [0.15, 0.2) is 5.13 Å². The second-order valence-corrected chi connectivity index (χ2v) is 10.8. The van der Waals surface area contributed by atoms with Crippen LogP contribution in [-0.4, -0.2) is 57.6 Å². The van der Waals surface area contributed by atoms with Gasteiger partial charge in [0.05, 0.1) is 11.4 Å². The minimum Gasteiger partial charge on any atom is -0.338 e. The number of nitriles is 1. The normalized spacial score (nSPS) is 13.5. The first-order chi connectivity index (χ1) is 20.0. The number of pyridine rings is 1. The van der Waals surface area contributed by atoms with Gasteiger partial charge in [-0.3, -0.25) is 4.40 Å². The van der Waals surface area contributed by atoms with Crippen molar-refractivity contribution >= 4 is 33.9 Å². The van der Waals surface area contributed by atoms with Gasteiger partial charge in [-0.1, -0.05) is 25.2 Å². The van der Waals surface area contributed by atoms with E-state index in [4.69, 9.17) is 19.9 Å². The lowest BCUT2D eigenvalue weighted by Gasteiger charge is -2.27. The average molecular weight is 568 g/mol. The van der Waals surface area contributed by atoms with Crippen LogP contribution in [0.4, 0.5) is 21.3 Å². The summed E-state index contributed by atoms with van der Waals surface area (Å²) in [6.07, 6.45) is 5.52. The van der Waals surface area contributed by atoms with E-state index in [-0.39, 0.29) is 5.82 Å². The number of fused-ring (bicyclic) bond motifs is 1. The third-order valence-electron chi connectivity index (χ3n) is 7.34. The van der Waals surface area contributed by atoms with Crippen LogP contribution in [0.3, 0.4) is 0 Å². The number of aromatic nitrogens is 5. The van der Waals surface area contributed by atoms with Crippen LogP contribution in [0, 0.1) is 17.1 Å². The Balaban J connectivity index is 1.41. The maximum atomic E-state index is 13.5. The Morgan fingerprint density at radius 3 is 2.44 bits per heavy atom. The summed E-state index contributed by atoms with van der Waals surface area (Å²) in [6.45, 7) is 7.84. The monoisotopic (exact) mass is 567 g/mol. The highest BCUT2D eigenvalue weighted by atomic mass is 32.1. The molecule has 1 fully saturated rings. The molecular weight excluding hydrogens is 537 g/mol. The molecule has 0 atom stereocenters. The van der Waals surface area contributed by atoms with E-state index in [0.717, 1.165) is 78.9 Å². The molecule has 6 rings (SSSR count). The third kappa shape index (κ3) is 5.01. The van der Waals surface area contributed by atoms with Crippen molar-refractivity contribution in [1.82, 2.24) is 29.7 Å². The maximum Gasteiger partial charge on any atom is 0.225 e. The number of hydrogen-bond donors (Lipinski definition) is 1. The van der Waals surface area contributed by atoms with Crippen molar-refractivity contribution in [3.05, 3.63) is 70.9 Å². The first-order valence-electron chi connectivity index (χ1n) is 13.7. The molecule has 0 saturated carbocycles. The predicted octanol–water partition coefficient (Wildman–Crippen LogP) is 5.23. The molecular formula is C30H30FN9S. The molecule has 0 unspecified atom stereocenters. The number of benzene rings is 1. The lowest BCUT2D eigenvalue weighted by molar-refractivity contribution is 0.579. The van der Waals surface area contributed by atoms with Crippen LogP contribution in [0.2, 0.25) is 0 Å². The fraction of sp³-hybridized carbons (Fsp3) is 0.300. The molecule has 1 aliphatic rings. The van der Waals surface area contributed by atoms with Gasteiger partial charge in [0.25, 0.3) is 0 Å². The Morgan fingerprint density at radius 1 is 1.00 bits per heavy atom. The Hall–Kier alpha value is -4.40. The second-order valence-electron chi connectivity index (χ2n) is 9.85. The number of hydrogen-bond acceptors (Lipinski definition) is 9. The molecule has 0 radical (unpaired) electrons. The number of thiazole rings is 1. The maximum absolute atomic E-state index is 13.5. The van der Waals surface area contributed by atoms with Gasteiger partial charge in [0, 0.05) is 62.3 Å². The van der Waals surface area contributed by atoms with Gasteiger partial charge in [0.1, 0.15) is 33.9 Å². The zero-order valence-corrected chi connectivity index (χ0v) is 24.0. The van der Waals surface area contributed by atoms with Crippen LogP contribution in [0.5, 0.6) is 0 Å². The van der Waals surface area contributed by atoms with E-state index in [1.54, 1.807) is 12.1 Å². The van der Waals surface area contributed by atoms with Gasteiger partial charge in [-0.25, -0.2) is 24.3 Å². The number of nitrogens with one attached hydrogen (secondary N) is 1. The molecule has 5 heterocycles. The van der Waals surface area contributed by atoms with Crippen molar-refractivity contribution < 1.29 is 4.39 Å². The SMILES string of the molecule is CCc1nc(N2CCNCC2)ncc1-c1ccc2nc(CC)c(N(C)c3nc(-c4ccc(F)cc4)c(C#N)s3)n2c1. The standard InChI is InChI=1S/C30H30FN9S/c1-4-23-22(17-34-29(36-23)39-14-12-33-13-15-39)20-8-11-26-35-24(5-2)28(40(26)18-20)38(3)30-37-27(25(16-32)41-30)19-6-9-21(31)10-7-19/h6-11,17-18,33H,4-5,12-15H2,1-3H3. The van der Waals surface area contributed by atoms with Crippen molar-refractivity contribution in [2.45, 2.75) is 26.7 Å². The fourth-order valence-corrected chi connectivity index (χ4v) is 6.04. The van der Waals surface area contributed by atoms with Crippen LogP contribution < -0.4 is 15.1 Å². The van der Waals surface area contributed by atoms with Crippen LogP contribution >= 0.6 is 11.3 Å². The highest BCUT2D eigenvalue weighted by molar-refractivity contribution is 7.16. The Labute approximate surface area is 242 Å². The third-order valence-corrected chi connectivity index (χ3v) is 8.37. The molecule has 11 heteroatoms. The molecule has 1 aliphatic heterocycles. The molecule has 0 spiro atoms. The largest absolute Gasteiger partial charge is 0.338 e. The number of piperazine rings is 1. The Bertz CT molecular complexity index is 1750. The molecule has 0 bridgehead atoms. The quantitative estimate of drug-likeness (QED) is 0.286. The van der Waals surface area contributed by atoms with E-state index in [1.165, 1.54) is 23.5 Å². The number of rotatable bonds is 7. The van der Waals surface area contributed by atoms with Gasteiger partial charge < -0.3 is 15.1 Å². The van der Waals surface area contributed by atoms with Gasteiger partial charge in [0.2, 0.25) is 5.95 Å². The molecule has 41 heavy (non-hydrogen) atoms. The predicted molar refractivity (Wildman–Crippen MR) is 160 cm³/mol. The molecule has 1 N–H and O–H groups in total. The van der Waals surface area contributed by atoms with E-state index in [0.29, 0.717) is 21.3 Å². The Kier molecular flexibility index (Phi) is 7.34. The average Bonchev–Trinajstić information content (AvgIpc) is 3.62. The molecule has 5 aromatic rings. The molecule has 1 saturated heterocycles. The summed E-state index contributed by atoms with van der Waals surface area (Å²) >= 11 is 1.30. The highest BCUT2D eigenvalue weighted by Gasteiger charge is 2.23. The summed E-state index contributed by atoms with van der Waals surface area (Å²) in [5.41, 5.74) is 5.98. The van der Waals surface area contributed by atoms with Gasteiger partial charge >= 0.3 is 0 Å². The summed E-state index contributed by atoms with van der Waals surface area (Å²) in [7, 11) is 1.94. The highest BCUT2D eigenvalue weighted by Crippen LogP contribution is 2.37. The van der Waals surface area contributed by atoms with Crippen molar-refractivity contribution in [1.29, 1.82) is 5.26 Å². The zero-order chi connectivity index (χ0) is 28.5. The molecule has 208 valence electrons. The van der Waals surface area contributed by atoms with Crippen LogP contribution in [-0.2, 0) is 12.8 Å². The first kappa shape index (κ1) is 26.8. The van der Waals surface area contributed by atoms with Crippen molar-refractivity contribution in [2.75, 3.05) is 43.0 Å². The minimum absolute atomic E-state index is 0.330. The van der Waals surface area contributed by atoms with Crippen molar-refractivity contribution in [3.8, 4) is 28.5 Å². The van der Waals surface area contributed by atoms with Gasteiger partial charge in [-0.05, 0) is 49.2 Å². The lowest BCUT2D eigenvalue weighted by Crippen LogP contribution is -2.44. The molecule has 4 aromatic heterocycles. The molecule has 1 aromatic carbocycles. The fourth-order valence-electron chi connectivity index (χ4n) is 5.19. The van der Waals surface area contributed by atoms with Crippen LogP contribution in [0.25, 0.3) is 28.0 Å². The van der Waals surface area contributed by atoms with E-state index in [2.05, 4.69) is 46.8 Å². The summed E-state index contributed by atoms with van der Waals surface area (Å²) in [6, 6.07) is 12.4. The van der Waals surface area contributed by atoms with E-state index < -0.39 is 0 Å². The summed E-state index contributed by atoms with van der Waals surface area (Å²) in [5.74, 6) is 1.33. The van der Waals surface area contributed by atoms with Gasteiger partial charge in [-0.15, -0.1) is 0 Å². The topological polar surface area (TPSA) is 98.3 Å². The smallest absolute Gasteiger partial charge is 0.225 e. The number of halogens is 1. The van der Waals surface area contributed by atoms with Crippen LogP contribution in [0.1, 0.15) is 30.1 Å². The number of nitrogens with zero attached hydrogens (tertiary/aromatic N) is 8. The first-order valence-corrected chi connectivity index (χ1v) is 14.6. The van der Waals surface area contributed by atoms with Crippen molar-refractivity contribution in [3.63, 3.8) is 0 Å². The summed E-state index contributed by atoms with van der Waals surface area (Å²) in [4.78, 5) is 24.1. The Morgan fingerprint density at radius 2 is 1.73 bits per heavy atom. The number of imidazole rings is 1. The molecule has 9 nitrogen and oxygen atoms in total. The zero-order valence-electron chi connectivity index (χ0n) is 23.2. The van der Waals surface area contributed by atoms with E-state index in [1.807, 2.05) is 24.2 Å². The van der Waals surface area contributed by atoms with Crippen molar-refractivity contribution in [2.24, 2.45) is 0 Å². The summed E-state index contributed by atoms with van der Waals surface area (Å²) < 4.78 is 15.6. The lowest BCUT2D eigenvalue weighted by atomic mass is 10.1. The number of aryl methyl sites for hydroxylation is 2. The minimum atomic E-state index is -0.330. The van der Waals surface area contributed by atoms with E-state index >= 15 is 0 Å². The van der Waals surface area contributed by atoms with E-state index in [9.17, 15) is 9.65 Å². The molecule has 0 amide bonds.